The quantitative estimate of drug-likeness (QED) is 0.408. The predicted octanol–water partition coefficient (Wildman–Crippen LogP) is 3.54. The molecule has 0 saturated heterocycles. The Labute approximate surface area is 129 Å². The lowest BCUT2D eigenvalue weighted by Crippen LogP contribution is -2.04. The Morgan fingerprint density at radius 2 is 1.70 bits per heavy atom. The van der Waals surface area contributed by atoms with E-state index in [0.717, 1.165) is 21.1 Å². The maximum absolute atomic E-state index is 12.2. The average molecular weight is 318 g/mol. The van der Waals surface area contributed by atoms with Gasteiger partial charge in [-0.3, -0.25) is 0 Å². The van der Waals surface area contributed by atoms with E-state index in [1.54, 1.807) is 0 Å². The van der Waals surface area contributed by atoms with Crippen LogP contribution in [0.25, 0.3) is 22.1 Å². The van der Waals surface area contributed by atoms with Gasteiger partial charge in [-0.1, -0.05) is 24.3 Å². The van der Waals surface area contributed by atoms with Gasteiger partial charge in [0, 0.05) is 10.3 Å². The molecule has 1 atom stereocenters. The summed E-state index contributed by atoms with van der Waals surface area (Å²) >= 11 is 8.62. The molecule has 0 aliphatic rings. The van der Waals surface area contributed by atoms with Crippen LogP contribution in [0.4, 0.5) is 0 Å². The van der Waals surface area contributed by atoms with E-state index < -0.39 is 0 Å². The van der Waals surface area contributed by atoms with Crippen LogP contribution in [0.5, 0.6) is 0 Å². The molecule has 0 amide bonds. The second kappa shape index (κ2) is 5.28. The molecule has 0 bridgehead atoms. The molecule has 0 saturated carbocycles. The molecule has 3 rings (SSSR count). The van der Waals surface area contributed by atoms with Crippen LogP contribution < -0.4 is 10.9 Å². The summed E-state index contributed by atoms with van der Waals surface area (Å²) in [6, 6.07) is 13.1. The number of hydrogen-bond donors (Lipinski definition) is 2. The minimum Gasteiger partial charge on any atom is -0.421 e. The van der Waals surface area contributed by atoms with Gasteiger partial charge in [-0.05, 0) is 29.1 Å². The topological polar surface area (TPSA) is 30.2 Å². The summed E-state index contributed by atoms with van der Waals surface area (Å²) < 4.78 is 5.42. The molecule has 1 unspecified atom stereocenters. The van der Waals surface area contributed by atoms with Crippen LogP contribution in [0.2, 0.25) is 0 Å². The summed E-state index contributed by atoms with van der Waals surface area (Å²) in [5.41, 5.74) is 1.50. The van der Waals surface area contributed by atoms with Crippen molar-refractivity contribution in [3.05, 3.63) is 52.9 Å². The van der Waals surface area contributed by atoms with Crippen molar-refractivity contribution < 1.29 is 4.42 Å². The highest BCUT2D eigenvalue weighted by atomic mass is 32.1. The van der Waals surface area contributed by atoms with Crippen LogP contribution in [0, 0.1) is 0 Å². The highest BCUT2D eigenvalue weighted by Gasteiger charge is 2.10. The van der Waals surface area contributed by atoms with E-state index in [9.17, 15) is 4.79 Å². The molecule has 0 spiro atoms. The fourth-order valence-corrected chi connectivity index (χ4v) is 2.65. The first-order chi connectivity index (χ1) is 9.56. The van der Waals surface area contributed by atoms with Crippen LogP contribution in [-0.4, -0.2) is 0 Å². The van der Waals surface area contributed by atoms with E-state index in [-0.39, 0.29) is 5.63 Å². The molecule has 0 radical (unpaired) electrons. The largest absolute Gasteiger partial charge is 0.421 e. The van der Waals surface area contributed by atoms with Crippen LogP contribution in [0.15, 0.2) is 61.5 Å². The average Bonchev–Trinajstić information content (AvgIpc) is 2.44. The molecule has 1 heterocycles. The molecule has 0 aliphatic heterocycles. The Balaban J connectivity index is 2.28. The van der Waals surface area contributed by atoms with Gasteiger partial charge in [-0.15, -0.1) is 34.5 Å². The third-order valence-electron chi connectivity index (χ3n) is 3.09. The van der Waals surface area contributed by atoms with Crippen molar-refractivity contribution in [1.29, 1.82) is 0 Å². The number of rotatable bonds is 1. The zero-order valence-corrected chi connectivity index (χ0v) is 13.3. The maximum Gasteiger partial charge on any atom is 0.344 e. The monoisotopic (exact) mass is 318 g/mol. The van der Waals surface area contributed by atoms with Gasteiger partial charge in [0.25, 0.3) is 0 Å². The van der Waals surface area contributed by atoms with Crippen LogP contribution in [0.3, 0.4) is 0 Å². The molecule has 3 aromatic rings. The van der Waals surface area contributed by atoms with Crippen molar-refractivity contribution in [3.63, 3.8) is 0 Å². The van der Waals surface area contributed by atoms with Gasteiger partial charge >= 0.3 is 5.63 Å². The van der Waals surface area contributed by atoms with Crippen molar-refractivity contribution in [2.45, 2.75) is 9.79 Å². The van der Waals surface area contributed by atoms with Gasteiger partial charge in [0.05, 0.1) is 10.5 Å². The maximum atomic E-state index is 12.2. The zero-order valence-electron chi connectivity index (χ0n) is 10.3. The summed E-state index contributed by atoms with van der Waals surface area (Å²) in [4.78, 5) is 13.7. The predicted molar refractivity (Wildman–Crippen MR) is 91.8 cm³/mol. The second-order valence-corrected chi connectivity index (χ2v) is 6.00. The first kappa shape index (κ1) is 13.7. The van der Waals surface area contributed by atoms with E-state index in [1.165, 1.54) is 0 Å². The highest BCUT2D eigenvalue weighted by molar-refractivity contribution is 7.81. The Kier molecular flexibility index (Phi) is 3.63. The van der Waals surface area contributed by atoms with Gasteiger partial charge in [0.2, 0.25) is 0 Å². The molecule has 20 heavy (non-hydrogen) atoms. The van der Waals surface area contributed by atoms with E-state index in [2.05, 4.69) is 34.5 Å². The van der Waals surface area contributed by atoms with Crippen molar-refractivity contribution in [1.82, 2.24) is 0 Å². The summed E-state index contributed by atoms with van der Waals surface area (Å²) in [5, 5.41) is 1.75. The van der Waals surface area contributed by atoms with E-state index in [0.29, 0.717) is 16.0 Å². The minimum atomic E-state index is -0.365. The van der Waals surface area contributed by atoms with Crippen molar-refractivity contribution in [3.8, 4) is 11.1 Å². The Hall–Kier alpha value is -1.22. The normalized spacial score (nSPS) is 10.9. The van der Waals surface area contributed by atoms with E-state index in [4.69, 9.17) is 4.42 Å². The van der Waals surface area contributed by atoms with Crippen molar-refractivity contribution >= 4 is 50.8 Å². The van der Waals surface area contributed by atoms with Gasteiger partial charge < -0.3 is 4.42 Å². The van der Waals surface area contributed by atoms with Crippen LogP contribution in [-0.2, 0) is 0 Å². The standard InChI is InChI=1S/C15H11O2PS2/c16-15-11(8-1-4-10(19)5-2-8)7-9-3-6-12(18)14(20)13(9)17-15/h1-7,19-20H,18H2. The number of benzene rings is 2. The fourth-order valence-electron chi connectivity index (χ4n) is 2.03. The summed E-state index contributed by atoms with van der Waals surface area (Å²) in [7, 11) is 2.57. The summed E-state index contributed by atoms with van der Waals surface area (Å²) in [6.45, 7) is 0. The molecule has 0 N–H and O–H groups in total. The Bertz CT molecular complexity index is 854. The Morgan fingerprint density at radius 1 is 1.00 bits per heavy atom. The molecule has 5 heteroatoms. The molecular formula is C15H11O2PS2. The van der Waals surface area contributed by atoms with Gasteiger partial charge in [0.1, 0.15) is 0 Å². The molecule has 0 aliphatic carbocycles. The molecule has 2 nitrogen and oxygen atoms in total. The van der Waals surface area contributed by atoms with Gasteiger partial charge in [-0.2, -0.15) is 0 Å². The lowest BCUT2D eigenvalue weighted by atomic mass is 10.1. The first-order valence-electron chi connectivity index (χ1n) is 5.91. The molecular weight excluding hydrogens is 307 g/mol. The van der Waals surface area contributed by atoms with Gasteiger partial charge in [-0.25, -0.2) is 4.79 Å². The third kappa shape index (κ3) is 2.39. The van der Waals surface area contributed by atoms with Crippen molar-refractivity contribution in [2.75, 3.05) is 0 Å². The smallest absolute Gasteiger partial charge is 0.344 e. The molecule has 1 aromatic heterocycles. The van der Waals surface area contributed by atoms with Crippen LogP contribution >= 0.6 is 34.5 Å². The van der Waals surface area contributed by atoms with Crippen molar-refractivity contribution in [2.24, 2.45) is 0 Å². The summed E-state index contributed by atoms with van der Waals surface area (Å²) in [5.74, 6) is 0. The highest BCUT2D eigenvalue weighted by Crippen LogP contribution is 2.25. The van der Waals surface area contributed by atoms with Crippen LogP contribution in [0.1, 0.15) is 0 Å². The fraction of sp³-hybridized carbons (Fsp3) is 0. The lowest BCUT2D eigenvalue weighted by Gasteiger charge is -2.06. The SMILES string of the molecule is O=c1oc2c(S)c(P)ccc2cc1-c1ccc(S)cc1. The third-order valence-corrected chi connectivity index (χ3v) is 4.57. The minimum absolute atomic E-state index is 0.365. The summed E-state index contributed by atoms with van der Waals surface area (Å²) in [6.07, 6.45) is 0. The van der Waals surface area contributed by atoms with E-state index >= 15 is 0 Å². The second-order valence-electron chi connectivity index (χ2n) is 4.42. The molecule has 0 fully saturated rings. The molecule has 2 aromatic carbocycles. The first-order valence-corrected chi connectivity index (χ1v) is 7.38. The molecule has 100 valence electrons. The Morgan fingerprint density at radius 3 is 2.40 bits per heavy atom. The van der Waals surface area contributed by atoms with E-state index in [1.807, 2.05) is 42.5 Å². The lowest BCUT2D eigenvalue weighted by molar-refractivity contribution is 0.557. The van der Waals surface area contributed by atoms with Gasteiger partial charge in [0.15, 0.2) is 5.58 Å². The number of hydrogen-bond acceptors (Lipinski definition) is 4. The number of fused-ring (bicyclic) bond motifs is 1. The number of thiol groups is 2. The zero-order chi connectivity index (χ0) is 14.3.